The number of hydrogen-bond donors (Lipinski definition) is 2. The molecule has 0 saturated carbocycles. The van der Waals surface area contributed by atoms with Gasteiger partial charge in [-0.15, -0.1) is 0 Å². The van der Waals surface area contributed by atoms with Gasteiger partial charge < -0.3 is 10.2 Å². The van der Waals surface area contributed by atoms with E-state index in [0.29, 0.717) is 24.8 Å². The van der Waals surface area contributed by atoms with Gasteiger partial charge in [0.25, 0.3) is 0 Å². The van der Waals surface area contributed by atoms with E-state index < -0.39 is 11.9 Å². The van der Waals surface area contributed by atoms with E-state index in [9.17, 15) is 9.59 Å². The lowest BCUT2D eigenvalue weighted by molar-refractivity contribution is -0.142. The zero-order chi connectivity index (χ0) is 12.6. The van der Waals surface area contributed by atoms with Crippen LogP contribution in [-0.4, -0.2) is 22.2 Å². The SMILES string of the molecule is CC=C(CCCCC(CC)C(=O)O)C(=O)O. The third-order valence-electron chi connectivity index (χ3n) is 2.71. The monoisotopic (exact) mass is 228 g/mol. The molecule has 1 unspecified atom stereocenters. The molecule has 0 amide bonds. The fraction of sp³-hybridized carbons (Fsp3) is 0.667. The topological polar surface area (TPSA) is 74.6 Å². The van der Waals surface area contributed by atoms with Crippen molar-refractivity contribution in [1.82, 2.24) is 0 Å². The largest absolute Gasteiger partial charge is 0.481 e. The minimum Gasteiger partial charge on any atom is -0.481 e. The number of unbranched alkanes of at least 4 members (excludes halogenated alkanes) is 1. The number of carbonyl (C=O) groups is 2. The van der Waals surface area contributed by atoms with Crippen LogP contribution in [0.5, 0.6) is 0 Å². The molecule has 1 atom stereocenters. The van der Waals surface area contributed by atoms with E-state index in [4.69, 9.17) is 10.2 Å². The second-order valence-electron chi connectivity index (χ2n) is 3.81. The van der Waals surface area contributed by atoms with Crippen LogP contribution in [0.3, 0.4) is 0 Å². The molecular formula is C12H20O4. The summed E-state index contributed by atoms with van der Waals surface area (Å²) in [6.07, 6.45) is 4.86. The maximum absolute atomic E-state index is 10.7. The average Bonchev–Trinajstić information content (AvgIpc) is 2.22. The van der Waals surface area contributed by atoms with Crippen LogP contribution in [0, 0.1) is 5.92 Å². The minimum atomic E-state index is -0.882. The van der Waals surface area contributed by atoms with Crippen LogP contribution < -0.4 is 0 Å². The summed E-state index contributed by atoms with van der Waals surface area (Å²) in [5.41, 5.74) is 0.406. The lowest BCUT2D eigenvalue weighted by Crippen LogP contribution is -2.12. The lowest BCUT2D eigenvalue weighted by Gasteiger charge is -2.08. The standard InChI is InChI=1S/C12H20O4/c1-3-9(11(13)14)7-5-6-8-10(4-2)12(15)16/h3,10H,4-8H2,1-2H3,(H,13,14)(H,15,16). The molecule has 0 radical (unpaired) electrons. The molecule has 0 heterocycles. The van der Waals surface area contributed by atoms with Crippen LogP contribution in [0.4, 0.5) is 0 Å². The Balaban J connectivity index is 3.83. The highest BCUT2D eigenvalue weighted by Gasteiger charge is 2.14. The van der Waals surface area contributed by atoms with Crippen molar-refractivity contribution in [2.45, 2.75) is 46.0 Å². The summed E-state index contributed by atoms with van der Waals surface area (Å²) in [5, 5.41) is 17.6. The maximum atomic E-state index is 10.7. The zero-order valence-corrected chi connectivity index (χ0v) is 9.90. The Morgan fingerprint density at radius 2 is 1.88 bits per heavy atom. The van der Waals surface area contributed by atoms with E-state index in [1.54, 1.807) is 13.0 Å². The Morgan fingerprint density at radius 1 is 1.25 bits per heavy atom. The predicted molar refractivity (Wildman–Crippen MR) is 61.3 cm³/mol. The Morgan fingerprint density at radius 3 is 2.25 bits per heavy atom. The second kappa shape index (κ2) is 7.91. The molecule has 0 aliphatic rings. The van der Waals surface area contributed by atoms with Crippen molar-refractivity contribution in [2.24, 2.45) is 5.92 Å². The van der Waals surface area contributed by atoms with Gasteiger partial charge in [0.1, 0.15) is 0 Å². The third-order valence-corrected chi connectivity index (χ3v) is 2.71. The van der Waals surface area contributed by atoms with Crippen LogP contribution in [0.15, 0.2) is 11.6 Å². The Hall–Kier alpha value is -1.32. The summed E-state index contributed by atoms with van der Waals surface area (Å²) in [4.78, 5) is 21.4. The fourth-order valence-corrected chi connectivity index (χ4v) is 1.58. The molecular weight excluding hydrogens is 208 g/mol. The van der Waals surface area contributed by atoms with E-state index in [-0.39, 0.29) is 5.92 Å². The van der Waals surface area contributed by atoms with Gasteiger partial charge in [0, 0.05) is 5.57 Å². The quantitative estimate of drug-likeness (QED) is 0.494. The number of hydrogen-bond acceptors (Lipinski definition) is 2. The van der Waals surface area contributed by atoms with E-state index >= 15 is 0 Å². The number of aliphatic carboxylic acids is 2. The highest BCUT2D eigenvalue weighted by molar-refractivity contribution is 5.86. The van der Waals surface area contributed by atoms with Gasteiger partial charge in [-0.3, -0.25) is 4.79 Å². The van der Waals surface area contributed by atoms with Crippen LogP contribution in [-0.2, 0) is 9.59 Å². The Kier molecular flexibility index (Phi) is 7.25. The maximum Gasteiger partial charge on any atom is 0.331 e. The van der Waals surface area contributed by atoms with Crippen molar-refractivity contribution in [3.8, 4) is 0 Å². The molecule has 4 nitrogen and oxygen atoms in total. The first kappa shape index (κ1) is 14.7. The number of carboxylic acid groups (broad SMARTS) is 2. The minimum absolute atomic E-state index is 0.293. The highest BCUT2D eigenvalue weighted by Crippen LogP contribution is 2.16. The summed E-state index contributed by atoms with van der Waals surface area (Å²) in [7, 11) is 0. The van der Waals surface area contributed by atoms with Crippen molar-refractivity contribution in [2.75, 3.05) is 0 Å². The molecule has 0 aromatic heterocycles. The first-order valence-corrected chi connectivity index (χ1v) is 5.64. The Bertz CT molecular complexity index is 268. The molecule has 0 bridgehead atoms. The van der Waals surface area contributed by atoms with Gasteiger partial charge in [0.2, 0.25) is 0 Å². The summed E-state index contributed by atoms with van der Waals surface area (Å²) in [5.74, 6) is -1.93. The first-order chi connectivity index (χ1) is 7.52. The van der Waals surface area contributed by atoms with Crippen LogP contribution in [0.2, 0.25) is 0 Å². The normalized spacial score (nSPS) is 13.5. The van der Waals surface area contributed by atoms with Gasteiger partial charge >= 0.3 is 11.9 Å². The summed E-state index contributed by atoms with van der Waals surface area (Å²) < 4.78 is 0. The lowest BCUT2D eigenvalue weighted by atomic mass is 9.97. The number of carboxylic acids is 2. The molecule has 0 aliphatic heterocycles. The van der Waals surface area contributed by atoms with Gasteiger partial charge in [-0.25, -0.2) is 4.79 Å². The van der Waals surface area contributed by atoms with Crippen molar-refractivity contribution in [1.29, 1.82) is 0 Å². The van der Waals surface area contributed by atoms with Gasteiger partial charge in [0.05, 0.1) is 5.92 Å². The molecule has 0 aromatic rings. The fourth-order valence-electron chi connectivity index (χ4n) is 1.58. The van der Waals surface area contributed by atoms with E-state index in [0.717, 1.165) is 12.8 Å². The molecule has 0 aliphatic carbocycles. The van der Waals surface area contributed by atoms with Gasteiger partial charge in [-0.2, -0.15) is 0 Å². The van der Waals surface area contributed by atoms with Crippen molar-refractivity contribution < 1.29 is 19.8 Å². The van der Waals surface area contributed by atoms with Gasteiger partial charge in [-0.05, 0) is 32.6 Å². The van der Waals surface area contributed by atoms with E-state index in [1.807, 2.05) is 6.92 Å². The molecule has 4 heteroatoms. The van der Waals surface area contributed by atoms with Crippen molar-refractivity contribution in [3.63, 3.8) is 0 Å². The molecule has 0 fully saturated rings. The first-order valence-electron chi connectivity index (χ1n) is 5.64. The molecule has 0 aromatic carbocycles. The van der Waals surface area contributed by atoms with Gasteiger partial charge in [0.15, 0.2) is 0 Å². The summed E-state index contributed by atoms with van der Waals surface area (Å²) >= 11 is 0. The van der Waals surface area contributed by atoms with E-state index in [1.165, 1.54) is 0 Å². The van der Waals surface area contributed by atoms with Gasteiger partial charge in [-0.1, -0.05) is 19.4 Å². The summed E-state index contributed by atoms with van der Waals surface area (Å²) in [6.45, 7) is 3.56. The molecule has 16 heavy (non-hydrogen) atoms. The van der Waals surface area contributed by atoms with Crippen molar-refractivity contribution >= 4 is 11.9 Å². The summed E-state index contributed by atoms with van der Waals surface area (Å²) in [6, 6.07) is 0. The average molecular weight is 228 g/mol. The molecule has 92 valence electrons. The smallest absolute Gasteiger partial charge is 0.331 e. The molecule has 0 spiro atoms. The highest BCUT2D eigenvalue weighted by atomic mass is 16.4. The molecule has 2 N–H and O–H groups in total. The van der Waals surface area contributed by atoms with Crippen LogP contribution >= 0.6 is 0 Å². The number of allylic oxidation sites excluding steroid dienone is 1. The Labute approximate surface area is 96.0 Å². The number of rotatable bonds is 8. The van der Waals surface area contributed by atoms with E-state index in [2.05, 4.69) is 0 Å². The van der Waals surface area contributed by atoms with Crippen molar-refractivity contribution in [3.05, 3.63) is 11.6 Å². The van der Waals surface area contributed by atoms with Crippen LogP contribution in [0.25, 0.3) is 0 Å². The molecule has 0 rings (SSSR count). The van der Waals surface area contributed by atoms with Crippen LogP contribution in [0.1, 0.15) is 46.0 Å². The third kappa shape index (κ3) is 5.53. The zero-order valence-electron chi connectivity index (χ0n) is 9.90. The molecule has 0 saturated heterocycles. The predicted octanol–water partition coefficient (Wildman–Crippen LogP) is 2.69. The second-order valence-corrected chi connectivity index (χ2v) is 3.81.